The zero-order chi connectivity index (χ0) is 89.6. The minimum Gasteiger partial charge on any atom is -0.489 e. The molecule has 0 N–H and O–H groups in total. The predicted octanol–water partition coefficient (Wildman–Crippen LogP) is 12.6. The summed E-state index contributed by atoms with van der Waals surface area (Å²) in [5.74, 6) is -6.51. The first-order valence-electron chi connectivity index (χ1n) is 40.1. The smallest absolute Gasteiger partial charge is 0.355 e. The summed E-state index contributed by atoms with van der Waals surface area (Å²) in [5, 5.41) is 0.773. The molecule has 3 atom stereocenters. The minimum atomic E-state index is -1.15. The molecular weight excluding hydrogens is 1700 g/mol. The highest BCUT2D eigenvalue weighted by Crippen LogP contribution is 2.50. The molecule has 0 radical (unpaired) electrons. The van der Waals surface area contributed by atoms with Crippen LogP contribution >= 0.6 is 34.8 Å². The fraction of sp³-hybridized carbons (Fsp3) is 0.310. The number of aryl methyl sites for hydroxylation is 3. The van der Waals surface area contributed by atoms with E-state index in [9.17, 15) is 41.9 Å². The predicted molar refractivity (Wildman–Crippen MR) is 460 cm³/mol. The summed E-state index contributed by atoms with van der Waals surface area (Å²) in [5.41, 5.74) is 1.63. The van der Waals surface area contributed by atoms with Gasteiger partial charge in [0.25, 0.3) is 0 Å². The minimum absolute atomic E-state index is 0.0655. The maximum Gasteiger partial charge on any atom is 0.355 e. The zero-order valence-corrected chi connectivity index (χ0v) is 71.5. The Morgan fingerprint density at radius 3 is 0.913 bits per heavy atom. The van der Waals surface area contributed by atoms with Crippen LogP contribution in [0.3, 0.4) is 0 Å². The molecule has 0 bridgehead atoms. The summed E-state index contributed by atoms with van der Waals surface area (Å²) < 4.78 is 111. The number of hydrogen-bond acceptors (Lipinski definition) is 24. The summed E-state index contributed by atoms with van der Waals surface area (Å²) in [6.45, 7) is 30.7. The number of hydrogen-bond donors (Lipinski definition) is 0. The Balaban J connectivity index is 0.000000139. The van der Waals surface area contributed by atoms with Crippen molar-refractivity contribution in [2.75, 3.05) is 93.4 Å². The summed E-state index contributed by atoms with van der Waals surface area (Å²) in [6, 6.07) is 9.89. The highest BCUT2D eigenvalue weighted by Gasteiger charge is 2.43. The van der Waals surface area contributed by atoms with E-state index in [1.54, 1.807) is 35.5 Å². The summed E-state index contributed by atoms with van der Waals surface area (Å²) >= 11 is 20.6. The van der Waals surface area contributed by atoms with Gasteiger partial charge in [0.15, 0.2) is 69.1 Å². The highest BCUT2D eigenvalue weighted by molar-refractivity contribution is 6.37. The van der Waals surface area contributed by atoms with Crippen LogP contribution in [0, 0.1) is 55.7 Å². The number of amides is 3. The molecule has 0 unspecified atom stereocenters. The van der Waals surface area contributed by atoms with Gasteiger partial charge in [-0.15, -0.1) is 0 Å². The molecule has 3 saturated heterocycles. The van der Waals surface area contributed by atoms with Crippen molar-refractivity contribution in [1.29, 1.82) is 0 Å². The monoisotopic (exact) mass is 1780 g/mol. The quantitative estimate of drug-likeness (QED) is 0.0810. The van der Waals surface area contributed by atoms with Crippen molar-refractivity contribution in [3.05, 3.63) is 227 Å². The normalized spacial score (nSPS) is 16.3. The molecular formula is C87H78Cl3F6N21O9. The Morgan fingerprint density at radius 2 is 0.667 bits per heavy atom. The van der Waals surface area contributed by atoms with E-state index in [1.807, 2.05) is 56.2 Å². The second kappa shape index (κ2) is 34.3. The summed E-state index contributed by atoms with van der Waals surface area (Å²) in [7, 11) is 0. The molecule has 12 aromatic rings. The number of aromatic nitrogens is 15. The van der Waals surface area contributed by atoms with E-state index in [1.165, 1.54) is 87.3 Å². The van der Waals surface area contributed by atoms with Crippen LogP contribution in [0.4, 0.5) is 43.8 Å². The van der Waals surface area contributed by atoms with Crippen LogP contribution in [0.2, 0.25) is 15.1 Å². The first-order chi connectivity index (χ1) is 60.3. The number of ether oxygens (including phenoxy) is 3. The second-order valence-corrected chi connectivity index (χ2v) is 32.5. The van der Waals surface area contributed by atoms with E-state index in [-0.39, 0.29) is 194 Å². The van der Waals surface area contributed by atoms with Gasteiger partial charge in [0.05, 0.1) is 86.4 Å². The van der Waals surface area contributed by atoms with Gasteiger partial charge in [-0.3, -0.25) is 14.4 Å². The van der Waals surface area contributed by atoms with E-state index in [0.29, 0.717) is 107 Å². The van der Waals surface area contributed by atoms with Crippen molar-refractivity contribution in [2.24, 2.45) is 0 Å². The van der Waals surface area contributed by atoms with Crippen LogP contribution in [0.25, 0.3) is 83.9 Å². The van der Waals surface area contributed by atoms with Gasteiger partial charge in [-0.25, -0.2) is 99.3 Å². The van der Waals surface area contributed by atoms with Crippen molar-refractivity contribution in [1.82, 2.24) is 88.2 Å². The van der Waals surface area contributed by atoms with Gasteiger partial charge in [0.1, 0.15) is 87.5 Å². The topological polar surface area (TPSA) is 319 Å². The number of benzene rings is 3. The number of nitrogens with zero attached hydrogens (tertiary/aromatic N) is 21. The molecule has 0 saturated carbocycles. The Labute approximate surface area is 729 Å². The number of piperazine rings is 3. The van der Waals surface area contributed by atoms with Crippen LogP contribution in [-0.2, 0) is 14.4 Å². The van der Waals surface area contributed by atoms with Crippen molar-refractivity contribution < 1.29 is 54.9 Å². The lowest BCUT2D eigenvalue weighted by molar-refractivity contribution is -0.127. The second-order valence-electron chi connectivity index (χ2n) is 31.4. The van der Waals surface area contributed by atoms with Gasteiger partial charge >= 0.3 is 17.1 Å². The average Bonchev–Trinajstić information content (AvgIpc) is 1.29. The number of anilines is 3. The molecule has 6 aliphatic heterocycles. The molecule has 15 heterocycles. The molecule has 3 amide bonds. The Bertz CT molecular complexity index is 6170. The zero-order valence-electron chi connectivity index (χ0n) is 69.2. The van der Waals surface area contributed by atoms with Gasteiger partial charge in [-0.1, -0.05) is 114 Å². The van der Waals surface area contributed by atoms with Gasteiger partial charge in [0.2, 0.25) is 17.7 Å². The number of carbonyl (C=O) groups is 3. The van der Waals surface area contributed by atoms with Crippen LogP contribution in [0.15, 0.2) is 126 Å². The van der Waals surface area contributed by atoms with Gasteiger partial charge < -0.3 is 43.6 Å². The maximum absolute atomic E-state index is 15.1. The number of carbonyl (C=O) groups excluding carboxylic acids is 3. The number of pyridine rings is 3. The largest absolute Gasteiger partial charge is 0.489 e. The first-order valence-corrected chi connectivity index (χ1v) is 41.2. The molecule has 6 aliphatic rings. The van der Waals surface area contributed by atoms with Gasteiger partial charge in [0, 0.05) is 75.6 Å². The van der Waals surface area contributed by atoms with Crippen molar-refractivity contribution in [2.45, 2.75) is 98.2 Å². The van der Waals surface area contributed by atoms with E-state index < -0.39 is 52.0 Å². The van der Waals surface area contributed by atoms with Crippen LogP contribution in [0.5, 0.6) is 17.2 Å². The molecule has 0 aliphatic carbocycles. The Kier molecular flexibility index (Phi) is 23.5. The molecule has 0 spiro atoms. The van der Waals surface area contributed by atoms with Crippen LogP contribution < -0.4 is 46.0 Å². The number of rotatable bonds is 12. The Morgan fingerprint density at radius 1 is 0.405 bits per heavy atom. The summed E-state index contributed by atoms with van der Waals surface area (Å²) in [6.07, 6.45) is 7.99. The van der Waals surface area contributed by atoms with E-state index >= 15 is 13.2 Å². The lowest BCUT2D eigenvalue weighted by Gasteiger charge is -2.40. The van der Waals surface area contributed by atoms with Gasteiger partial charge in [-0.2, -0.15) is 15.0 Å². The van der Waals surface area contributed by atoms with Crippen molar-refractivity contribution >= 4 is 103 Å². The fourth-order valence-electron chi connectivity index (χ4n) is 16.7. The summed E-state index contributed by atoms with van der Waals surface area (Å²) in [4.78, 5) is 144. The Hall–Kier alpha value is -13.4. The lowest BCUT2D eigenvalue weighted by Crippen LogP contribution is -2.56. The maximum atomic E-state index is 15.1. The third-order valence-electron chi connectivity index (χ3n) is 22.7. The standard InChI is InChI=1S/3C29H26ClF2N7O3/c3*1-5-19(40)37-9-10-38-16(11-37)12-42-26-20-27(38)36-29(41)39(25-15(4)33-13-34-23(25)14(2)3)28(20)35-24(21(26)30)17-7-6-8-18(31)22(17)32/h3*5-8,13-14,16H,1,9-12H2,2-4H3/t3*16-/m111/s1. The fourth-order valence-corrected chi connectivity index (χ4v) is 17.6. The van der Waals surface area contributed by atoms with E-state index in [0.717, 1.165) is 18.2 Å². The third-order valence-corrected chi connectivity index (χ3v) is 23.8. The molecule has 30 nitrogen and oxygen atoms in total. The lowest BCUT2D eigenvalue weighted by atomic mass is 10.1. The average molecular weight is 1780 g/mol. The molecule has 126 heavy (non-hydrogen) atoms. The van der Waals surface area contributed by atoms with Crippen LogP contribution in [-0.4, -0.2) is 203 Å². The van der Waals surface area contributed by atoms with Gasteiger partial charge in [-0.05, 0) is 93.2 Å². The third kappa shape index (κ3) is 14.9. The highest BCUT2D eigenvalue weighted by atomic mass is 35.5. The number of halogens is 9. The van der Waals surface area contributed by atoms with Crippen molar-refractivity contribution in [3.8, 4) is 68.1 Å². The first kappa shape index (κ1) is 86.2. The SMILES string of the molecule is C=CC(=O)N1CCN2c3nc(=O)n(-c4c(C)ncnc4C(C)C)c4nc(-c5cccc(F)c5F)c(Cl)c(c34)OC[C@H]2C1.C=CC(=O)N1CCN2c3nc(=O)n(-c4c(C)ncnc4C(C)C)c4nc(-c5cccc(F)c5F)c(Cl)c(c34)OC[C@H]2C1.C=CC(=O)N1CCN2c3nc(=O)n(-c4c(C)ncnc4C(C)C)c4nc(-c5cccc(F)c5F)c(Cl)c(c34)OC[C@H]2C1. The van der Waals surface area contributed by atoms with Crippen LogP contribution in [0.1, 0.15) is 93.5 Å². The molecule has 648 valence electrons. The molecule has 9 aromatic heterocycles. The van der Waals surface area contributed by atoms with E-state index in [2.05, 4.69) is 64.6 Å². The molecule has 39 heteroatoms. The molecule has 18 rings (SSSR count). The number of fused-ring (bicyclic) bond motifs is 6. The van der Waals surface area contributed by atoms with E-state index in [4.69, 9.17) is 64.0 Å². The molecule has 3 aromatic carbocycles. The molecule has 3 fully saturated rings. The van der Waals surface area contributed by atoms with Crippen molar-refractivity contribution in [3.63, 3.8) is 0 Å².